The fraction of sp³-hybridized carbons (Fsp3) is 0.438. The van der Waals surface area contributed by atoms with E-state index in [-0.39, 0.29) is 5.91 Å². The molecule has 1 saturated heterocycles. The minimum Gasteiger partial charge on any atom is -0.497 e. The Morgan fingerprint density at radius 1 is 1.04 bits per heavy atom. The molecule has 1 aromatic heterocycles. The molecule has 0 unspecified atom stereocenters. The first-order chi connectivity index (χ1) is 11.6. The average Bonchev–Trinajstić information content (AvgIpc) is 3.07. The quantitative estimate of drug-likeness (QED) is 0.836. The Labute approximate surface area is 140 Å². The van der Waals surface area contributed by atoms with Gasteiger partial charge in [0, 0.05) is 44.7 Å². The van der Waals surface area contributed by atoms with Crippen molar-refractivity contribution in [3.05, 3.63) is 29.7 Å². The lowest BCUT2D eigenvalue weighted by Crippen LogP contribution is -2.49. The Morgan fingerprint density at radius 3 is 2.17 bits per heavy atom. The van der Waals surface area contributed by atoms with E-state index >= 15 is 0 Å². The number of amides is 1. The molecule has 1 aliphatic rings. The summed E-state index contributed by atoms with van der Waals surface area (Å²) in [5.41, 5.74) is 0.549. The average molecular weight is 332 g/mol. The Bertz CT molecular complexity index is 700. The van der Waals surface area contributed by atoms with Crippen molar-refractivity contribution in [2.24, 2.45) is 0 Å². The molecule has 1 fully saturated rings. The zero-order valence-electron chi connectivity index (χ0n) is 14.0. The second kappa shape index (κ2) is 6.77. The van der Waals surface area contributed by atoms with Crippen molar-refractivity contribution in [1.82, 2.24) is 15.1 Å². The lowest BCUT2D eigenvalue weighted by molar-refractivity contribution is 0.0744. The normalized spacial score (nSPS) is 14.6. The summed E-state index contributed by atoms with van der Waals surface area (Å²) in [4.78, 5) is 16.5. The lowest BCUT2D eigenvalue weighted by atomic mass is 10.1. The summed E-state index contributed by atoms with van der Waals surface area (Å²) in [5, 5.41) is 7.85. The molecule has 2 heterocycles. The van der Waals surface area contributed by atoms with Crippen LogP contribution in [0.2, 0.25) is 0 Å². The van der Waals surface area contributed by atoms with Gasteiger partial charge in [-0.2, -0.15) is 0 Å². The predicted molar refractivity (Wildman–Crippen MR) is 86.7 cm³/mol. The summed E-state index contributed by atoms with van der Waals surface area (Å²) in [7, 11) is 3.13. The number of aryl methyl sites for hydroxylation is 1. The van der Waals surface area contributed by atoms with Crippen LogP contribution >= 0.6 is 0 Å². The second-order valence-electron chi connectivity index (χ2n) is 5.48. The number of aromatic nitrogens is 2. The molecular formula is C16H20N4O4. The molecule has 0 bridgehead atoms. The van der Waals surface area contributed by atoms with E-state index in [0.717, 1.165) is 0 Å². The van der Waals surface area contributed by atoms with Crippen LogP contribution in [0.25, 0.3) is 0 Å². The molecule has 1 aliphatic heterocycles. The molecule has 0 saturated carbocycles. The number of ether oxygens (including phenoxy) is 2. The number of carbonyl (C=O) groups excluding carboxylic acids is 1. The summed E-state index contributed by atoms with van der Waals surface area (Å²) >= 11 is 0. The van der Waals surface area contributed by atoms with Crippen LogP contribution in [0.1, 0.15) is 16.2 Å². The van der Waals surface area contributed by atoms with E-state index in [1.54, 1.807) is 44.2 Å². The second-order valence-corrected chi connectivity index (χ2v) is 5.48. The summed E-state index contributed by atoms with van der Waals surface area (Å²) in [6.07, 6.45) is 0. The van der Waals surface area contributed by atoms with Crippen LogP contribution in [0, 0.1) is 6.92 Å². The monoisotopic (exact) mass is 332 g/mol. The fourth-order valence-corrected chi connectivity index (χ4v) is 2.63. The van der Waals surface area contributed by atoms with Crippen molar-refractivity contribution < 1.29 is 18.7 Å². The molecule has 8 nitrogen and oxygen atoms in total. The van der Waals surface area contributed by atoms with Gasteiger partial charge in [-0.25, -0.2) is 0 Å². The molecule has 0 N–H and O–H groups in total. The van der Waals surface area contributed by atoms with Gasteiger partial charge in [0.1, 0.15) is 11.5 Å². The molecule has 24 heavy (non-hydrogen) atoms. The van der Waals surface area contributed by atoms with Gasteiger partial charge in [-0.3, -0.25) is 4.79 Å². The smallest absolute Gasteiger partial charge is 0.318 e. The largest absolute Gasteiger partial charge is 0.497 e. The summed E-state index contributed by atoms with van der Waals surface area (Å²) < 4.78 is 15.9. The number of nitrogens with zero attached hydrogens (tertiary/aromatic N) is 4. The number of piperazine rings is 1. The predicted octanol–water partition coefficient (Wildman–Crippen LogP) is 1.36. The number of hydrogen-bond acceptors (Lipinski definition) is 7. The van der Waals surface area contributed by atoms with Gasteiger partial charge in [-0.1, -0.05) is 5.10 Å². The van der Waals surface area contributed by atoms with Gasteiger partial charge < -0.3 is 23.7 Å². The first-order valence-corrected chi connectivity index (χ1v) is 7.68. The van der Waals surface area contributed by atoms with Gasteiger partial charge in [0.05, 0.1) is 14.2 Å². The standard InChI is InChI=1S/C16H20N4O4/c1-11-17-18-16(24-11)20-6-4-19(5-7-20)15(21)12-8-13(22-2)10-14(9-12)23-3/h8-10H,4-7H2,1-3H3. The molecule has 8 heteroatoms. The van der Waals surface area contributed by atoms with Gasteiger partial charge in [-0.05, 0) is 12.1 Å². The molecule has 2 aromatic rings. The minimum atomic E-state index is -0.0476. The van der Waals surface area contributed by atoms with E-state index in [1.807, 2.05) is 4.90 Å². The highest BCUT2D eigenvalue weighted by molar-refractivity contribution is 5.95. The maximum absolute atomic E-state index is 12.7. The Kier molecular flexibility index (Phi) is 4.54. The van der Waals surface area contributed by atoms with Crippen molar-refractivity contribution in [1.29, 1.82) is 0 Å². The first kappa shape index (κ1) is 16.1. The molecule has 1 aromatic carbocycles. The van der Waals surface area contributed by atoms with Crippen LogP contribution in [0.15, 0.2) is 22.6 Å². The summed E-state index contributed by atoms with van der Waals surface area (Å²) in [6, 6.07) is 5.69. The zero-order chi connectivity index (χ0) is 17.1. The van der Waals surface area contributed by atoms with Crippen LogP contribution in [-0.4, -0.2) is 61.4 Å². The zero-order valence-corrected chi connectivity index (χ0v) is 14.0. The summed E-state index contributed by atoms with van der Waals surface area (Å²) in [5.74, 6) is 1.68. The Morgan fingerprint density at radius 2 is 1.67 bits per heavy atom. The third kappa shape index (κ3) is 3.27. The van der Waals surface area contributed by atoms with E-state index in [4.69, 9.17) is 13.9 Å². The number of carbonyl (C=O) groups is 1. The molecule has 0 radical (unpaired) electrons. The van der Waals surface area contributed by atoms with E-state index in [9.17, 15) is 4.79 Å². The van der Waals surface area contributed by atoms with Crippen molar-refractivity contribution in [3.63, 3.8) is 0 Å². The van der Waals surface area contributed by atoms with Gasteiger partial charge in [-0.15, -0.1) is 5.10 Å². The number of benzene rings is 1. The number of anilines is 1. The lowest BCUT2D eigenvalue weighted by Gasteiger charge is -2.33. The molecular weight excluding hydrogens is 312 g/mol. The topological polar surface area (TPSA) is 80.9 Å². The molecule has 0 atom stereocenters. The fourth-order valence-electron chi connectivity index (χ4n) is 2.63. The van der Waals surface area contributed by atoms with E-state index in [0.29, 0.717) is 55.1 Å². The number of hydrogen-bond donors (Lipinski definition) is 0. The molecule has 0 aliphatic carbocycles. The minimum absolute atomic E-state index is 0.0476. The third-order valence-corrected chi connectivity index (χ3v) is 3.95. The molecule has 1 amide bonds. The van der Waals surface area contributed by atoms with Crippen molar-refractivity contribution in [2.75, 3.05) is 45.3 Å². The highest BCUT2D eigenvalue weighted by Gasteiger charge is 2.25. The van der Waals surface area contributed by atoms with E-state index in [2.05, 4.69) is 10.2 Å². The summed E-state index contributed by atoms with van der Waals surface area (Å²) in [6.45, 7) is 4.22. The first-order valence-electron chi connectivity index (χ1n) is 7.68. The Balaban J connectivity index is 1.69. The van der Waals surface area contributed by atoms with Gasteiger partial charge in [0.2, 0.25) is 5.89 Å². The van der Waals surface area contributed by atoms with Crippen molar-refractivity contribution >= 4 is 11.9 Å². The van der Waals surface area contributed by atoms with Crippen molar-refractivity contribution in [2.45, 2.75) is 6.92 Å². The van der Waals surface area contributed by atoms with Gasteiger partial charge >= 0.3 is 6.01 Å². The van der Waals surface area contributed by atoms with Crippen LogP contribution in [0.3, 0.4) is 0 Å². The highest BCUT2D eigenvalue weighted by Crippen LogP contribution is 2.24. The van der Waals surface area contributed by atoms with Crippen LogP contribution in [0.5, 0.6) is 11.5 Å². The molecule has 128 valence electrons. The van der Waals surface area contributed by atoms with Crippen LogP contribution in [-0.2, 0) is 0 Å². The number of methoxy groups -OCH3 is 2. The van der Waals surface area contributed by atoms with Crippen LogP contribution < -0.4 is 14.4 Å². The number of rotatable bonds is 4. The maximum Gasteiger partial charge on any atom is 0.318 e. The molecule has 0 spiro atoms. The Hall–Kier alpha value is -2.77. The molecule has 3 rings (SSSR count). The van der Waals surface area contributed by atoms with Crippen LogP contribution in [0.4, 0.5) is 6.01 Å². The van der Waals surface area contributed by atoms with E-state index < -0.39 is 0 Å². The highest BCUT2D eigenvalue weighted by atomic mass is 16.5. The van der Waals surface area contributed by atoms with E-state index in [1.165, 1.54) is 0 Å². The van der Waals surface area contributed by atoms with Gasteiger partial charge in [0.25, 0.3) is 5.91 Å². The third-order valence-electron chi connectivity index (χ3n) is 3.95. The van der Waals surface area contributed by atoms with Crippen molar-refractivity contribution in [3.8, 4) is 11.5 Å². The van der Waals surface area contributed by atoms with Gasteiger partial charge in [0.15, 0.2) is 0 Å². The maximum atomic E-state index is 12.7. The SMILES string of the molecule is COc1cc(OC)cc(C(=O)N2CCN(c3nnc(C)o3)CC2)c1.